The highest BCUT2D eigenvalue weighted by Gasteiger charge is 2.41. The number of halogens is 1. The fourth-order valence-electron chi connectivity index (χ4n) is 3.36. The zero-order valence-electron chi connectivity index (χ0n) is 11.5. The average molecular weight is 342 g/mol. The zero-order valence-corrected chi connectivity index (χ0v) is 13.0. The summed E-state index contributed by atoms with van der Waals surface area (Å²) in [4.78, 5) is 0. The summed E-state index contributed by atoms with van der Waals surface area (Å²) in [5.41, 5.74) is 6.72. The first kappa shape index (κ1) is 14.0. The van der Waals surface area contributed by atoms with Crippen LogP contribution < -0.4 is 15.2 Å². The first-order chi connectivity index (χ1) is 9.68. The van der Waals surface area contributed by atoms with Crippen LogP contribution in [0, 0.1) is 0 Å². The molecule has 0 radical (unpaired) electrons. The van der Waals surface area contributed by atoms with Crippen LogP contribution in [0.1, 0.15) is 37.7 Å². The fourth-order valence-corrected chi connectivity index (χ4v) is 3.77. The minimum absolute atomic E-state index is 0.189. The lowest BCUT2D eigenvalue weighted by Crippen LogP contribution is -2.32. The van der Waals surface area contributed by atoms with Gasteiger partial charge in [0.05, 0.1) is 17.7 Å². The number of aromatic hydroxyl groups is 1. The van der Waals surface area contributed by atoms with E-state index in [0.717, 1.165) is 37.7 Å². The quantitative estimate of drug-likeness (QED) is 0.867. The molecule has 3 N–H and O–H groups in total. The van der Waals surface area contributed by atoms with Crippen LogP contribution in [0.3, 0.4) is 0 Å². The summed E-state index contributed by atoms with van der Waals surface area (Å²) in [7, 11) is 0. The number of rotatable bonds is 2. The molecule has 1 aromatic rings. The molecule has 3 rings (SSSR count). The molecule has 110 valence electrons. The van der Waals surface area contributed by atoms with E-state index in [1.54, 1.807) is 6.07 Å². The molecule has 0 spiro atoms. The molecule has 4 nitrogen and oxygen atoms in total. The normalized spacial score (nSPS) is 20.7. The molecule has 0 atom stereocenters. The van der Waals surface area contributed by atoms with Crippen molar-refractivity contribution >= 4 is 15.9 Å². The van der Waals surface area contributed by atoms with Crippen LogP contribution in [0.2, 0.25) is 0 Å². The Morgan fingerprint density at radius 1 is 1.20 bits per heavy atom. The summed E-state index contributed by atoms with van der Waals surface area (Å²) >= 11 is 3.42. The van der Waals surface area contributed by atoms with Crippen molar-refractivity contribution in [1.82, 2.24) is 0 Å². The lowest BCUT2D eigenvalue weighted by Gasteiger charge is -2.31. The van der Waals surface area contributed by atoms with Crippen LogP contribution in [-0.2, 0) is 5.41 Å². The van der Waals surface area contributed by atoms with Gasteiger partial charge in [-0.25, -0.2) is 0 Å². The summed E-state index contributed by atoms with van der Waals surface area (Å²) in [5.74, 6) is 1.65. The van der Waals surface area contributed by atoms with Gasteiger partial charge in [0.15, 0.2) is 11.5 Å². The van der Waals surface area contributed by atoms with Gasteiger partial charge in [-0.1, -0.05) is 12.8 Å². The van der Waals surface area contributed by atoms with Gasteiger partial charge in [-0.05, 0) is 28.8 Å². The van der Waals surface area contributed by atoms with Crippen LogP contribution in [0.25, 0.3) is 0 Å². The number of benzene rings is 1. The third-order valence-corrected chi connectivity index (χ3v) is 5.05. The Morgan fingerprint density at radius 3 is 2.60 bits per heavy atom. The van der Waals surface area contributed by atoms with Crippen molar-refractivity contribution in [2.75, 3.05) is 19.8 Å². The van der Waals surface area contributed by atoms with Gasteiger partial charge in [0.1, 0.15) is 5.75 Å². The van der Waals surface area contributed by atoms with Gasteiger partial charge in [0.2, 0.25) is 0 Å². The van der Waals surface area contributed by atoms with E-state index in [9.17, 15) is 5.11 Å². The molecule has 0 amide bonds. The Kier molecular flexibility index (Phi) is 3.82. The standard InChI is InChI=1S/C15H20BrNO3/c16-10-8-11-14(20-7-3-6-19-11)12(13(10)18)15(9-17)4-1-2-5-15/h8,18H,1-7,9,17H2. The van der Waals surface area contributed by atoms with Gasteiger partial charge in [-0.15, -0.1) is 0 Å². The predicted molar refractivity (Wildman–Crippen MR) is 80.6 cm³/mol. The highest BCUT2D eigenvalue weighted by Crippen LogP contribution is 2.53. The Hall–Kier alpha value is -0.940. The molecular weight excluding hydrogens is 322 g/mol. The number of hydrogen-bond donors (Lipinski definition) is 2. The number of ether oxygens (including phenoxy) is 2. The SMILES string of the molecule is NCC1(c2c(O)c(Br)cc3c2OCCCO3)CCCC1. The maximum atomic E-state index is 10.6. The van der Waals surface area contributed by atoms with E-state index in [0.29, 0.717) is 35.7 Å². The molecule has 0 bridgehead atoms. The number of nitrogens with two attached hydrogens (primary N) is 1. The van der Waals surface area contributed by atoms with Crippen LogP contribution >= 0.6 is 15.9 Å². The Morgan fingerprint density at radius 2 is 1.90 bits per heavy atom. The summed E-state index contributed by atoms with van der Waals surface area (Å²) in [6.07, 6.45) is 5.10. The second-order valence-corrected chi connectivity index (χ2v) is 6.51. The first-order valence-electron chi connectivity index (χ1n) is 7.19. The van der Waals surface area contributed by atoms with Crippen LogP contribution in [0.4, 0.5) is 0 Å². The van der Waals surface area contributed by atoms with Crippen LogP contribution in [0.5, 0.6) is 17.2 Å². The molecule has 1 aliphatic carbocycles. The van der Waals surface area contributed by atoms with Crippen molar-refractivity contribution in [3.05, 3.63) is 16.1 Å². The van der Waals surface area contributed by atoms with E-state index in [2.05, 4.69) is 15.9 Å². The second kappa shape index (κ2) is 5.45. The lowest BCUT2D eigenvalue weighted by molar-refractivity contribution is 0.291. The summed E-state index contributed by atoms with van der Waals surface area (Å²) in [5, 5.41) is 10.6. The maximum Gasteiger partial charge on any atom is 0.168 e. The number of phenols is 1. The van der Waals surface area contributed by atoms with E-state index in [-0.39, 0.29) is 11.2 Å². The van der Waals surface area contributed by atoms with Crippen LogP contribution in [0.15, 0.2) is 10.5 Å². The summed E-state index contributed by atoms with van der Waals surface area (Å²) < 4.78 is 12.3. The van der Waals surface area contributed by atoms with E-state index < -0.39 is 0 Å². The molecule has 1 aliphatic heterocycles. The number of phenolic OH excluding ortho intramolecular Hbond substituents is 1. The van der Waals surface area contributed by atoms with Gasteiger partial charge < -0.3 is 20.3 Å². The molecule has 0 aromatic heterocycles. The molecule has 0 unspecified atom stereocenters. The molecule has 5 heteroatoms. The third-order valence-electron chi connectivity index (χ3n) is 4.45. The molecule has 1 saturated carbocycles. The van der Waals surface area contributed by atoms with Gasteiger partial charge >= 0.3 is 0 Å². The smallest absolute Gasteiger partial charge is 0.168 e. The molecule has 1 fully saturated rings. The summed E-state index contributed by atoms with van der Waals surface area (Å²) in [6.45, 7) is 1.77. The van der Waals surface area contributed by atoms with Gasteiger partial charge in [0, 0.05) is 30.0 Å². The first-order valence-corrected chi connectivity index (χ1v) is 7.99. The van der Waals surface area contributed by atoms with Gasteiger partial charge in [-0.2, -0.15) is 0 Å². The van der Waals surface area contributed by atoms with Crippen molar-refractivity contribution in [2.45, 2.75) is 37.5 Å². The monoisotopic (exact) mass is 341 g/mol. The molecule has 1 heterocycles. The fraction of sp³-hybridized carbons (Fsp3) is 0.600. The molecule has 20 heavy (non-hydrogen) atoms. The predicted octanol–water partition coefficient (Wildman–Crippen LogP) is 3.09. The topological polar surface area (TPSA) is 64.7 Å². The third kappa shape index (κ3) is 2.17. The van der Waals surface area contributed by atoms with E-state index in [1.807, 2.05) is 0 Å². The minimum Gasteiger partial charge on any atom is -0.506 e. The second-order valence-electron chi connectivity index (χ2n) is 5.65. The molecule has 2 aliphatic rings. The lowest BCUT2D eigenvalue weighted by atomic mass is 9.77. The van der Waals surface area contributed by atoms with Crippen molar-refractivity contribution < 1.29 is 14.6 Å². The van der Waals surface area contributed by atoms with Crippen molar-refractivity contribution in [3.8, 4) is 17.2 Å². The van der Waals surface area contributed by atoms with Crippen molar-refractivity contribution in [1.29, 1.82) is 0 Å². The van der Waals surface area contributed by atoms with Gasteiger partial charge in [-0.3, -0.25) is 0 Å². The van der Waals surface area contributed by atoms with Crippen LogP contribution in [-0.4, -0.2) is 24.9 Å². The highest BCUT2D eigenvalue weighted by molar-refractivity contribution is 9.10. The molecule has 0 saturated heterocycles. The minimum atomic E-state index is -0.189. The largest absolute Gasteiger partial charge is 0.506 e. The van der Waals surface area contributed by atoms with E-state index in [4.69, 9.17) is 15.2 Å². The zero-order chi connectivity index (χ0) is 14.2. The van der Waals surface area contributed by atoms with E-state index >= 15 is 0 Å². The molecule has 1 aromatic carbocycles. The maximum absolute atomic E-state index is 10.6. The van der Waals surface area contributed by atoms with Crippen molar-refractivity contribution in [2.24, 2.45) is 5.73 Å². The Bertz CT molecular complexity index is 512. The Labute approximate surface area is 127 Å². The summed E-state index contributed by atoms with van der Waals surface area (Å²) in [6, 6.07) is 1.79. The van der Waals surface area contributed by atoms with E-state index in [1.165, 1.54) is 0 Å². The Balaban J connectivity index is 2.20. The van der Waals surface area contributed by atoms with Crippen molar-refractivity contribution in [3.63, 3.8) is 0 Å². The van der Waals surface area contributed by atoms with Gasteiger partial charge in [0.25, 0.3) is 0 Å². The number of hydrogen-bond acceptors (Lipinski definition) is 4. The number of fused-ring (bicyclic) bond motifs is 1. The average Bonchev–Trinajstić information content (AvgIpc) is 2.81. The highest BCUT2D eigenvalue weighted by atomic mass is 79.9. The molecular formula is C15H20BrNO3.